The van der Waals surface area contributed by atoms with Crippen LogP contribution in [0.3, 0.4) is 0 Å². The van der Waals surface area contributed by atoms with Gasteiger partial charge >= 0.3 is 0 Å². The number of thioether (sulfide) groups is 1. The highest BCUT2D eigenvalue weighted by Gasteiger charge is 2.31. The Morgan fingerprint density at radius 1 is 1.33 bits per heavy atom. The Morgan fingerprint density at radius 3 is 2.93 bits per heavy atom. The number of amides is 1. The quantitative estimate of drug-likeness (QED) is 0.564. The standard InChI is InChI=1S/C18H15Cl2N3O3S/c1-26-14-7-10(5-6-13(14)24)9-21-23-18-22-17(25)15(27-18)8-11-3-2-4-12(19)16(11)20/h2-7,9,15,24H,8H2,1H3,(H,22,23,25)/b21-9+. The van der Waals surface area contributed by atoms with Gasteiger partial charge in [-0.05, 0) is 41.8 Å². The second kappa shape index (κ2) is 8.65. The number of aromatic hydroxyl groups is 1. The molecule has 0 aliphatic carbocycles. The average molecular weight is 424 g/mol. The number of nitrogens with one attached hydrogen (secondary N) is 1. The van der Waals surface area contributed by atoms with Gasteiger partial charge in [0.15, 0.2) is 16.7 Å². The second-order valence-electron chi connectivity index (χ2n) is 5.59. The summed E-state index contributed by atoms with van der Waals surface area (Å²) >= 11 is 13.5. The van der Waals surface area contributed by atoms with Gasteiger partial charge in [-0.15, -0.1) is 5.10 Å². The van der Waals surface area contributed by atoms with Crippen LogP contribution in [0.15, 0.2) is 46.6 Å². The first-order valence-electron chi connectivity index (χ1n) is 7.86. The molecule has 1 atom stereocenters. The topological polar surface area (TPSA) is 83.3 Å². The predicted molar refractivity (Wildman–Crippen MR) is 109 cm³/mol. The molecule has 2 aromatic carbocycles. The number of phenols is 1. The van der Waals surface area contributed by atoms with Gasteiger partial charge in [-0.1, -0.05) is 47.1 Å². The van der Waals surface area contributed by atoms with Gasteiger partial charge < -0.3 is 15.2 Å². The number of rotatable bonds is 5. The summed E-state index contributed by atoms with van der Waals surface area (Å²) in [5, 5.41) is 21.3. The monoisotopic (exact) mass is 423 g/mol. The molecule has 2 N–H and O–H groups in total. The number of carbonyl (C=O) groups excluding carboxylic acids is 1. The van der Waals surface area contributed by atoms with Crippen molar-refractivity contribution in [3.05, 3.63) is 57.6 Å². The van der Waals surface area contributed by atoms with Crippen molar-refractivity contribution in [1.29, 1.82) is 0 Å². The first kappa shape index (κ1) is 19.5. The minimum absolute atomic E-state index is 0.0436. The number of methoxy groups -OCH3 is 1. The molecule has 0 aromatic heterocycles. The van der Waals surface area contributed by atoms with Crippen LogP contribution in [0.4, 0.5) is 0 Å². The van der Waals surface area contributed by atoms with Gasteiger partial charge in [0.05, 0.1) is 28.6 Å². The van der Waals surface area contributed by atoms with E-state index < -0.39 is 0 Å². The number of carbonyl (C=O) groups is 1. The summed E-state index contributed by atoms with van der Waals surface area (Å²) in [6, 6.07) is 10.1. The van der Waals surface area contributed by atoms with Crippen molar-refractivity contribution in [2.45, 2.75) is 11.7 Å². The first-order chi connectivity index (χ1) is 13.0. The van der Waals surface area contributed by atoms with Gasteiger partial charge in [-0.25, -0.2) is 0 Å². The number of ether oxygens (including phenoxy) is 1. The zero-order chi connectivity index (χ0) is 19.4. The van der Waals surface area contributed by atoms with Crippen molar-refractivity contribution < 1.29 is 14.6 Å². The molecule has 0 radical (unpaired) electrons. The molecule has 0 bridgehead atoms. The highest BCUT2D eigenvalue weighted by Crippen LogP contribution is 2.30. The number of nitrogens with zero attached hydrogens (tertiary/aromatic N) is 2. The lowest BCUT2D eigenvalue weighted by Crippen LogP contribution is -2.26. The third-order valence-electron chi connectivity index (χ3n) is 3.77. The number of amidine groups is 1. The molecule has 0 spiro atoms. The lowest BCUT2D eigenvalue weighted by atomic mass is 10.1. The van der Waals surface area contributed by atoms with E-state index in [0.717, 1.165) is 5.56 Å². The molecule has 3 rings (SSSR count). The third-order valence-corrected chi connectivity index (χ3v) is 5.70. The van der Waals surface area contributed by atoms with Crippen LogP contribution in [0.2, 0.25) is 10.0 Å². The van der Waals surface area contributed by atoms with E-state index in [4.69, 9.17) is 27.9 Å². The van der Waals surface area contributed by atoms with Crippen LogP contribution in [0, 0.1) is 0 Å². The maximum Gasteiger partial charge on any atom is 0.239 e. The minimum Gasteiger partial charge on any atom is -0.504 e. The van der Waals surface area contributed by atoms with Crippen LogP contribution in [0.1, 0.15) is 11.1 Å². The van der Waals surface area contributed by atoms with Crippen molar-refractivity contribution in [3.63, 3.8) is 0 Å². The summed E-state index contributed by atoms with van der Waals surface area (Å²) in [5.41, 5.74) is 1.50. The van der Waals surface area contributed by atoms with E-state index in [2.05, 4.69) is 15.5 Å². The summed E-state index contributed by atoms with van der Waals surface area (Å²) in [5.74, 6) is 0.229. The molecule has 1 saturated heterocycles. The Labute approximate surface area is 170 Å². The van der Waals surface area contributed by atoms with Crippen molar-refractivity contribution >= 4 is 52.3 Å². The Hall–Kier alpha value is -2.22. The smallest absolute Gasteiger partial charge is 0.239 e. The minimum atomic E-state index is -0.358. The van der Waals surface area contributed by atoms with Crippen LogP contribution in [-0.2, 0) is 11.2 Å². The maximum atomic E-state index is 12.2. The van der Waals surface area contributed by atoms with E-state index in [1.807, 2.05) is 6.07 Å². The fourth-order valence-electron chi connectivity index (χ4n) is 2.41. The number of benzene rings is 2. The molecule has 6 nitrogen and oxygen atoms in total. The number of hydrogen-bond acceptors (Lipinski definition) is 6. The highest BCUT2D eigenvalue weighted by molar-refractivity contribution is 8.15. The Kier molecular flexibility index (Phi) is 6.26. The van der Waals surface area contributed by atoms with Gasteiger partial charge in [0.2, 0.25) is 5.91 Å². The molecule has 27 heavy (non-hydrogen) atoms. The van der Waals surface area contributed by atoms with Crippen LogP contribution >= 0.6 is 35.0 Å². The molecular weight excluding hydrogens is 409 g/mol. The summed E-state index contributed by atoms with van der Waals surface area (Å²) in [4.78, 5) is 12.2. The van der Waals surface area contributed by atoms with Crippen LogP contribution in [0.5, 0.6) is 11.5 Å². The third kappa shape index (κ3) is 4.74. The Balaban J connectivity index is 1.67. The summed E-state index contributed by atoms with van der Waals surface area (Å²) in [6.45, 7) is 0. The maximum absolute atomic E-state index is 12.2. The van der Waals surface area contributed by atoms with E-state index >= 15 is 0 Å². The van der Waals surface area contributed by atoms with E-state index in [9.17, 15) is 9.90 Å². The largest absolute Gasteiger partial charge is 0.504 e. The Bertz CT molecular complexity index is 934. The van der Waals surface area contributed by atoms with E-state index in [0.29, 0.717) is 32.9 Å². The van der Waals surface area contributed by atoms with Crippen molar-refractivity contribution in [1.82, 2.24) is 5.32 Å². The average Bonchev–Trinajstić information content (AvgIpc) is 3.00. The molecule has 1 heterocycles. The van der Waals surface area contributed by atoms with E-state index in [1.54, 1.807) is 24.3 Å². The van der Waals surface area contributed by atoms with Gasteiger partial charge in [0, 0.05) is 0 Å². The molecule has 9 heteroatoms. The van der Waals surface area contributed by atoms with Crippen LogP contribution in [-0.4, -0.2) is 34.8 Å². The summed E-state index contributed by atoms with van der Waals surface area (Å²) < 4.78 is 5.04. The van der Waals surface area contributed by atoms with Crippen molar-refractivity contribution in [2.75, 3.05) is 7.11 Å². The molecule has 1 amide bonds. The van der Waals surface area contributed by atoms with Gasteiger partial charge in [-0.2, -0.15) is 5.10 Å². The molecule has 1 fully saturated rings. The van der Waals surface area contributed by atoms with Crippen LogP contribution < -0.4 is 10.1 Å². The molecule has 140 valence electrons. The van der Waals surface area contributed by atoms with Gasteiger partial charge in [0.1, 0.15) is 0 Å². The highest BCUT2D eigenvalue weighted by atomic mass is 35.5. The first-order valence-corrected chi connectivity index (χ1v) is 9.50. The summed E-state index contributed by atoms with van der Waals surface area (Å²) in [6.07, 6.45) is 1.94. The lowest BCUT2D eigenvalue weighted by Gasteiger charge is -2.08. The zero-order valence-corrected chi connectivity index (χ0v) is 16.5. The van der Waals surface area contributed by atoms with Crippen molar-refractivity contribution in [3.8, 4) is 11.5 Å². The van der Waals surface area contributed by atoms with Crippen molar-refractivity contribution in [2.24, 2.45) is 10.2 Å². The SMILES string of the molecule is COc1cc(/C=N/N=C2\NC(=O)C(Cc3cccc(Cl)c3Cl)S2)ccc1O. The lowest BCUT2D eigenvalue weighted by molar-refractivity contribution is -0.118. The number of halogens is 2. The number of phenolic OH excluding ortho intramolecular Hbond substituents is 1. The van der Waals surface area contributed by atoms with Gasteiger partial charge in [0.25, 0.3) is 0 Å². The molecule has 1 aliphatic rings. The van der Waals surface area contributed by atoms with Gasteiger partial charge in [-0.3, -0.25) is 4.79 Å². The van der Waals surface area contributed by atoms with Crippen LogP contribution in [0.25, 0.3) is 0 Å². The fraction of sp³-hybridized carbons (Fsp3) is 0.167. The normalized spacial score (nSPS) is 18.3. The molecule has 1 unspecified atom stereocenters. The molecule has 0 saturated carbocycles. The predicted octanol–water partition coefficient (Wildman–Crippen LogP) is 3.87. The fourth-order valence-corrected chi connectivity index (χ4v) is 3.76. The second-order valence-corrected chi connectivity index (χ2v) is 7.57. The molecule has 2 aromatic rings. The summed E-state index contributed by atoms with van der Waals surface area (Å²) in [7, 11) is 1.47. The zero-order valence-electron chi connectivity index (χ0n) is 14.1. The van der Waals surface area contributed by atoms with E-state index in [-0.39, 0.29) is 16.9 Å². The Morgan fingerprint density at radius 2 is 2.15 bits per heavy atom. The molecular formula is C18H15Cl2N3O3S. The molecule has 1 aliphatic heterocycles. The van der Waals surface area contributed by atoms with E-state index in [1.165, 1.54) is 31.2 Å². The number of hydrogen-bond donors (Lipinski definition) is 2.